The molecule has 0 aliphatic carbocycles. The van der Waals surface area contributed by atoms with E-state index in [-0.39, 0.29) is 0 Å². The molecule has 0 spiro atoms. The minimum atomic E-state index is 0.678. The summed E-state index contributed by atoms with van der Waals surface area (Å²) in [6.07, 6.45) is 1.26. The summed E-state index contributed by atoms with van der Waals surface area (Å²) in [6, 6.07) is 2.72. The number of nitrogens with one attached hydrogen (secondary N) is 1. The van der Waals surface area contributed by atoms with Crippen LogP contribution in [-0.2, 0) is 0 Å². The van der Waals surface area contributed by atoms with Crippen molar-refractivity contribution in [3.8, 4) is 0 Å². The number of anilines is 1. The number of hydrogen-bond acceptors (Lipinski definition) is 4. The van der Waals surface area contributed by atoms with Crippen molar-refractivity contribution in [2.24, 2.45) is 11.8 Å². The van der Waals surface area contributed by atoms with Gasteiger partial charge in [-0.05, 0) is 45.1 Å². The van der Waals surface area contributed by atoms with Crippen LogP contribution in [0.1, 0.15) is 24.7 Å². The van der Waals surface area contributed by atoms with Crippen LogP contribution in [0.4, 0.5) is 5.95 Å². The molecule has 4 nitrogen and oxygen atoms in total. The van der Waals surface area contributed by atoms with Crippen molar-refractivity contribution >= 4 is 5.95 Å². The van der Waals surface area contributed by atoms with Crippen molar-refractivity contribution in [1.29, 1.82) is 0 Å². The largest absolute Gasteiger partial charge is 0.340 e. The Kier molecular flexibility index (Phi) is 2.98. The second-order valence-electron chi connectivity index (χ2n) is 5.81. The molecule has 18 heavy (non-hydrogen) atoms. The Bertz CT molecular complexity index is 425. The quantitative estimate of drug-likeness (QED) is 0.816. The monoisotopic (exact) mass is 246 g/mol. The Balaban J connectivity index is 1.78. The summed E-state index contributed by atoms with van der Waals surface area (Å²) in [4.78, 5) is 11.5. The fraction of sp³-hybridized carbons (Fsp3) is 0.714. The van der Waals surface area contributed by atoms with Gasteiger partial charge in [0.2, 0.25) is 5.95 Å². The van der Waals surface area contributed by atoms with Crippen LogP contribution in [-0.4, -0.2) is 35.6 Å². The zero-order chi connectivity index (χ0) is 12.7. The summed E-state index contributed by atoms with van der Waals surface area (Å²) in [5, 5.41) is 3.59. The number of fused-ring (bicyclic) bond motifs is 1. The van der Waals surface area contributed by atoms with Crippen LogP contribution in [0, 0.1) is 25.7 Å². The highest BCUT2D eigenvalue weighted by Gasteiger charge is 2.37. The van der Waals surface area contributed by atoms with Gasteiger partial charge >= 0.3 is 0 Å². The number of nitrogens with zero attached hydrogens (tertiary/aromatic N) is 3. The molecule has 0 amide bonds. The van der Waals surface area contributed by atoms with Gasteiger partial charge in [0.25, 0.3) is 0 Å². The molecule has 2 saturated heterocycles. The molecule has 0 aromatic carbocycles. The maximum Gasteiger partial charge on any atom is 0.225 e. The maximum absolute atomic E-state index is 4.59. The van der Waals surface area contributed by atoms with Crippen LogP contribution in [0.25, 0.3) is 0 Å². The molecular formula is C14H22N4. The fourth-order valence-electron chi connectivity index (χ4n) is 3.44. The van der Waals surface area contributed by atoms with Crippen LogP contribution in [0.15, 0.2) is 6.07 Å². The molecule has 0 saturated carbocycles. The first-order valence-electron chi connectivity index (χ1n) is 6.94. The van der Waals surface area contributed by atoms with Gasteiger partial charge in [0.05, 0.1) is 0 Å². The smallest absolute Gasteiger partial charge is 0.225 e. The molecule has 1 aromatic heterocycles. The van der Waals surface area contributed by atoms with Crippen molar-refractivity contribution in [2.75, 3.05) is 24.5 Å². The van der Waals surface area contributed by atoms with Crippen LogP contribution in [0.2, 0.25) is 0 Å². The SMILES string of the molecule is Cc1cc(C)nc(N2CC[C@H]3[C@H](CN[C@@H]3C)C2)n1. The number of rotatable bonds is 1. The minimum Gasteiger partial charge on any atom is -0.340 e. The molecule has 0 radical (unpaired) electrons. The van der Waals surface area contributed by atoms with Gasteiger partial charge in [-0.2, -0.15) is 0 Å². The third kappa shape index (κ3) is 2.09. The van der Waals surface area contributed by atoms with Crippen LogP contribution < -0.4 is 10.2 Å². The lowest BCUT2D eigenvalue weighted by molar-refractivity contribution is 0.312. The number of aromatic nitrogens is 2. The Hall–Kier alpha value is -1.16. The number of aryl methyl sites for hydroxylation is 2. The van der Waals surface area contributed by atoms with Crippen LogP contribution in [0.3, 0.4) is 0 Å². The minimum absolute atomic E-state index is 0.678. The highest BCUT2D eigenvalue weighted by Crippen LogP contribution is 2.32. The zero-order valence-electron chi connectivity index (χ0n) is 11.5. The Morgan fingerprint density at radius 3 is 2.72 bits per heavy atom. The van der Waals surface area contributed by atoms with E-state index in [9.17, 15) is 0 Å². The normalized spacial score (nSPS) is 31.5. The second kappa shape index (κ2) is 4.50. The zero-order valence-corrected chi connectivity index (χ0v) is 11.5. The molecule has 3 atom stereocenters. The topological polar surface area (TPSA) is 41.1 Å². The first-order valence-corrected chi connectivity index (χ1v) is 6.94. The maximum atomic E-state index is 4.59. The van der Waals surface area contributed by atoms with Gasteiger partial charge in [-0.15, -0.1) is 0 Å². The van der Waals surface area contributed by atoms with Gasteiger partial charge in [-0.1, -0.05) is 0 Å². The van der Waals surface area contributed by atoms with Gasteiger partial charge in [0.15, 0.2) is 0 Å². The molecule has 3 heterocycles. The Morgan fingerprint density at radius 2 is 2.00 bits per heavy atom. The van der Waals surface area contributed by atoms with Gasteiger partial charge in [-0.3, -0.25) is 0 Å². The molecule has 0 unspecified atom stereocenters. The predicted molar refractivity (Wildman–Crippen MR) is 72.8 cm³/mol. The lowest BCUT2D eigenvalue weighted by Crippen LogP contribution is -2.42. The van der Waals surface area contributed by atoms with E-state index in [0.717, 1.165) is 48.8 Å². The highest BCUT2D eigenvalue weighted by molar-refractivity contribution is 5.33. The molecule has 0 bridgehead atoms. The van der Waals surface area contributed by atoms with Crippen LogP contribution >= 0.6 is 0 Å². The second-order valence-corrected chi connectivity index (χ2v) is 5.81. The summed E-state index contributed by atoms with van der Waals surface area (Å²) in [5.74, 6) is 2.52. The summed E-state index contributed by atoms with van der Waals surface area (Å²) < 4.78 is 0. The standard InChI is InChI=1S/C14H22N4/c1-9-6-10(2)17-14(16-9)18-5-4-13-11(3)15-7-12(13)8-18/h6,11-13,15H,4-5,7-8H2,1-3H3/t11-,12-,13-/m1/s1. The van der Waals surface area contributed by atoms with E-state index in [2.05, 4.69) is 27.1 Å². The molecule has 4 heteroatoms. The molecule has 3 rings (SSSR count). The summed E-state index contributed by atoms with van der Waals surface area (Å²) in [6.45, 7) is 9.75. The van der Waals surface area contributed by atoms with E-state index in [1.54, 1.807) is 0 Å². The van der Waals surface area contributed by atoms with Gasteiger partial charge in [-0.25, -0.2) is 9.97 Å². The van der Waals surface area contributed by atoms with E-state index in [1.165, 1.54) is 6.42 Å². The van der Waals surface area contributed by atoms with Crippen molar-refractivity contribution in [3.63, 3.8) is 0 Å². The molecule has 2 fully saturated rings. The van der Waals surface area contributed by atoms with Crippen molar-refractivity contribution < 1.29 is 0 Å². The number of hydrogen-bond donors (Lipinski definition) is 1. The molecule has 98 valence electrons. The van der Waals surface area contributed by atoms with E-state index in [0.29, 0.717) is 6.04 Å². The van der Waals surface area contributed by atoms with Crippen molar-refractivity contribution in [3.05, 3.63) is 17.5 Å². The molecule has 1 N–H and O–H groups in total. The number of piperidine rings is 1. The first-order chi connectivity index (χ1) is 8.63. The lowest BCUT2D eigenvalue weighted by Gasteiger charge is -2.35. The lowest BCUT2D eigenvalue weighted by atomic mass is 9.85. The fourth-order valence-corrected chi connectivity index (χ4v) is 3.44. The summed E-state index contributed by atoms with van der Waals surface area (Å²) >= 11 is 0. The third-order valence-electron chi connectivity index (χ3n) is 4.39. The van der Waals surface area contributed by atoms with Crippen molar-refractivity contribution in [1.82, 2.24) is 15.3 Å². The molecular weight excluding hydrogens is 224 g/mol. The summed E-state index contributed by atoms with van der Waals surface area (Å²) in [5.41, 5.74) is 2.13. The van der Waals surface area contributed by atoms with E-state index >= 15 is 0 Å². The molecule has 1 aromatic rings. The van der Waals surface area contributed by atoms with Gasteiger partial charge in [0.1, 0.15) is 0 Å². The predicted octanol–water partition coefficient (Wildman–Crippen LogP) is 1.53. The highest BCUT2D eigenvalue weighted by atomic mass is 15.3. The Morgan fingerprint density at radius 1 is 1.28 bits per heavy atom. The van der Waals surface area contributed by atoms with Crippen molar-refractivity contribution in [2.45, 2.75) is 33.2 Å². The Labute approximate surface area is 109 Å². The average Bonchev–Trinajstić information content (AvgIpc) is 2.69. The van der Waals surface area contributed by atoms with E-state index in [4.69, 9.17) is 0 Å². The average molecular weight is 246 g/mol. The first kappa shape index (κ1) is 11.9. The molecule has 2 aliphatic heterocycles. The molecule has 2 aliphatic rings. The van der Waals surface area contributed by atoms with Crippen LogP contribution in [0.5, 0.6) is 0 Å². The van der Waals surface area contributed by atoms with E-state index in [1.807, 2.05) is 19.9 Å². The van der Waals surface area contributed by atoms with Gasteiger partial charge < -0.3 is 10.2 Å². The van der Waals surface area contributed by atoms with E-state index < -0.39 is 0 Å². The summed E-state index contributed by atoms with van der Waals surface area (Å²) in [7, 11) is 0. The van der Waals surface area contributed by atoms with Gasteiger partial charge in [0, 0.05) is 37.1 Å². The third-order valence-corrected chi connectivity index (χ3v) is 4.39.